The highest BCUT2D eigenvalue weighted by Crippen LogP contribution is 2.20. The normalized spacial score (nSPS) is 19.3. The number of carbonyl (C=O) groups is 9. The first-order valence-corrected chi connectivity index (χ1v) is 24.8. The minimum Gasteiger partial charge on any atom is -0.370 e. The van der Waals surface area contributed by atoms with E-state index < -0.39 is 96.1 Å². The summed E-state index contributed by atoms with van der Waals surface area (Å²) >= 11 is 0. The molecule has 0 aliphatic carbocycles. The summed E-state index contributed by atoms with van der Waals surface area (Å²) in [5.41, 5.74) is 34.9. The molecule has 20 N–H and O–H groups in total. The number of primary amides is 1. The number of hydrogen-bond acceptors (Lipinski definition) is 12. The van der Waals surface area contributed by atoms with Gasteiger partial charge in [0.2, 0.25) is 41.4 Å². The summed E-state index contributed by atoms with van der Waals surface area (Å²) < 4.78 is 0. The van der Waals surface area contributed by atoms with Crippen molar-refractivity contribution < 1.29 is 43.2 Å². The molecule has 26 heteroatoms. The van der Waals surface area contributed by atoms with Crippen LogP contribution in [0.4, 0.5) is 4.79 Å². The van der Waals surface area contributed by atoms with E-state index in [1.54, 1.807) is 43.5 Å². The maximum atomic E-state index is 14.6. The van der Waals surface area contributed by atoms with Gasteiger partial charge in [0.05, 0.1) is 6.54 Å². The molecule has 75 heavy (non-hydrogen) atoms. The number of imide groups is 1. The molecule has 3 aromatic rings. The molecule has 4 unspecified atom stereocenters. The Kier molecular flexibility index (Phi) is 26.0. The van der Waals surface area contributed by atoms with Crippen LogP contribution in [0.15, 0.2) is 70.8 Å². The minimum absolute atomic E-state index is 0.00173. The lowest BCUT2D eigenvalue weighted by atomic mass is 10.0. The lowest BCUT2D eigenvalue weighted by Gasteiger charge is -2.31. The molecule has 1 aliphatic rings. The summed E-state index contributed by atoms with van der Waals surface area (Å²) in [4.78, 5) is 134. The van der Waals surface area contributed by atoms with Crippen LogP contribution in [0.5, 0.6) is 0 Å². The van der Waals surface area contributed by atoms with E-state index in [-0.39, 0.29) is 82.9 Å². The number of para-hydroxylation sites is 1. The number of carbonyl (C=O) groups excluding carboxylic acids is 9. The number of benzene rings is 2. The second-order valence-electron chi connectivity index (χ2n) is 17.8. The van der Waals surface area contributed by atoms with Gasteiger partial charge < -0.3 is 76.6 Å². The molecule has 410 valence electrons. The van der Waals surface area contributed by atoms with Crippen LogP contribution in [0, 0.1) is 0 Å². The second-order valence-corrected chi connectivity index (χ2v) is 17.8. The number of hydrogen-bond donors (Lipinski definition) is 14. The first kappa shape index (κ1) is 61.0. The zero-order chi connectivity index (χ0) is 55.5. The Labute approximate surface area is 435 Å². The number of fused-ring (bicyclic) bond motifs is 1. The van der Waals surface area contributed by atoms with E-state index in [1.807, 2.05) is 31.2 Å². The van der Waals surface area contributed by atoms with Crippen LogP contribution in [0.3, 0.4) is 0 Å². The number of H-pyrrole nitrogens is 1. The number of amides is 10. The highest BCUT2D eigenvalue weighted by molar-refractivity contribution is 6.01. The van der Waals surface area contributed by atoms with Crippen molar-refractivity contribution in [3.8, 4) is 0 Å². The van der Waals surface area contributed by atoms with Gasteiger partial charge in [0.15, 0.2) is 11.9 Å². The Balaban J connectivity index is 0.00000197. The number of aromatic amines is 1. The van der Waals surface area contributed by atoms with Gasteiger partial charge in [0.1, 0.15) is 30.2 Å². The number of aromatic nitrogens is 1. The fourth-order valence-electron chi connectivity index (χ4n) is 7.62. The topological polar surface area (TPSA) is 438 Å². The molecule has 0 bridgehead atoms. The molecule has 1 aromatic heterocycles. The van der Waals surface area contributed by atoms with Crippen molar-refractivity contribution in [2.45, 2.75) is 121 Å². The molecule has 1 aliphatic heterocycles. The van der Waals surface area contributed by atoms with Crippen molar-refractivity contribution in [2.24, 2.45) is 44.4 Å². The molecule has 1 saturated heterocycles. The fourth-order valence-corrected chi connectivity index (χ4v) is 7.62. The van der Waals surface area contributed by atoms with Crippen molar-refractivity contribution in [3.05, 3.63) is 71.9 Å². The molecule has 4 rings (SSSR count). The van der Waals surface area contributed by atoms with Crippen LogP contribution in [0.1, 0.15) is 83.3 Å². The zero-order valence-electron chi connectivity index (χ0n) is 42.8. The van der Waals surface area contributed by atoms with E-state index in [1.165, 1.54) is 6.92 Å². The Morgan fingerprint density at radius 2 is 1.45 bits per heavy atom. The predicted molar refractivity (Wildman–Crippen MR) is 282 cm³/mol. The number of nitrogens with one attached hydrogen (secondary N) is 8. The highest BCUT2D eigenvalue weighted by atomic mass is 16.2. The van der Waals surface area contributed by atoms with Crippen molar-refractivity contribution in [1.29, 1.82) is 0 Å². The van der Waals surface area contributed by atoms with Crippen molar-refractivity contribution in [1.82, 2.24) is 47.1 Å². The monoisotopic (exact) mass is 1050 g/mol. The van der Waals surface area contributed by atoms with Gasteiger partial charge >= 0.3 is 6.03 Å². The number of rotatable bonds is 17. The molecule has 6 atom stereocenters. The van der Waals surface area contributed by atoms with Crippen LogP contribution in [-0.2, 0) is 51.2 Å². The number of guanidine groups is 2. The summed E-state index contributed by atoms with van der Waals surface area (Å²) in [6, 6.07) is 7.47. The van der Waals surface area contributed by atoms with Crippen LogP contribution < -0.4 is 71.6 Å². The highest BCUT2D eigenvalue weighted by Gasteiger charge is 2.35. The molecule has 0 saturated carbocycles. The molecular formula is C49H75N17O9. The van der Waals surface area contributed by atoms with Crippen molar-refractivity contribution >= 4 is 76.1 Å². The predicted octanol–water partition coefficient (Wildman–Crippen LogP) is -2.43. The quantitative estimate of drug-likeness (QED) is 0.0380. The average Bonchev–Trinajstić information content (AvgIpc) is 3.78. The Hall–Kier alpha value is -8.29. The molecule has 2 aromatic carbocycles. The van der Waals surface area contributed by atoms with Crippen molar-refractivity contribution in [3.63, 3.8) is 0 Å². The lowest BCUT2D eigenvalue weighted by Crippen LogP contribution is -2.60. The van der Waals surface area contributed by atoms with Gasteiger partial charge in [-0.05, 0) is 62.1 Å². The van der Waals surface area contributed by atoms with Crippen LogP contribution in [0.2, 0.25) is 0 Å². The number of nitrogens with zero attached hydrogens (tertiary/aromatic N) is 3. The lowest BCUT2D eigenvalue weighted by molar-refractivity contribution is -0.136. The summed E-state index contributed by atoms with van der Waals surface area (Å²) in [6.45, 7) is 4.77. The molecule has 1 fully saturated rings. The van der Waals surface area contributed by atoms with E-state index in [9.17, 15) is 43.2 Å². The van der Waals surface area contributed by atoms with Gasteiger partial charge in [-0.25, -0.2) is 4.79 Å². The van der Waals surface area contributed by atoms with Gasteiger partial charge in [0.25, 0.3) is 5.91 Å². The molecule has 10 amide bonds. The Morgan fingerprint density at radius 3 is 2.09 bits per heavy atom. The van der Waals surface area contributed by atoms with E-state index in [0.29, 0.717) is 17.5 Å². The molecule has 26 nitrogen and oxygen atoms in total. The average molecular weight is 1050 g/mol. The SMILES string of the molecule is CCC(N)CN1C(=O)NC(Cc2ccccc2)C(=O)NCC(=O)N[C@@H](Cc2c[nH]c3ccccc23)C(=O)NC(C(N)=O)CCCNC(=O)CCC(NC(=O)[C@H](CCCN=C(N)N)NC(C)=O)C1=O.CCCN=C(N)N. The summed E-state index contributed by atoms with van der Waals surface area (Å²) in [5.74, 6) is -6.14. The van der Waals surface area contributed by atoms with Crippen LogP contribution in [-0.4, -0.2) is 144 Å². The summed E-state index contributed by atoms with van der Waals surface area (Å²) in [6.07, 6.45) is 2.58. The number of nitrogens with two attached hydrogens (primary N) is 6. The van der Waals surface area contributed by atoms with E-state index >= 15 is 0 Å². The van der Waals surface area contributed by atoms with Gasteiger partial charge in [-0.15, -0.1) is 0 Å². The van der Waals surface area contributed by atoms with Crippen molar-refractivity contribution in [2.75, 3.05) is 32.7 Å². The Bertz CT molecular complexity index is 2460. The third kappa shape index (κ3) is 22.2. The zero-order valence-corrected chi connectivity index (χ0v) is 42.8. The van der Waals surface area contributed by atoms with E-state index in [0.717, 1.165) is 28.8 Å². The second kappa shape index (κ2) is 32.0. The van der Waals surface area contributed by atoms with Gasteiger partial charge in [-0.2, -0.15) is 0 Å². The Morgan fingerprint density at radius 1 is 0.787 bits per heavy atom. The van der Waals surface area contributed by atoms with Gasteiger partial charge in [-0.1, -0.05) is 62.4 Å². The minimum atomic E-state index is -1.55. The third-order valence-corrected chi connectivity index (χ3v) is 11.6. The standard InChI is InChI=1S/C45H64N14O9.C4H11N3/c1-3-29(46)25-59-43(67)34(57-41(65)33(54-26(2)60)16-10-20-51-44(48)49)17-18-37(61)50-19-9-15-32(39(47)63)56-42(66)36(22-28-23-52-31-14-8-7-13-30(28)31)55-38(62)24-53-40(64)35(58-45(59)68)21-27-11-5-4-6-12-27;1-2-3-7-4(5)6/h4-8,11-14,23,29,32-36,52H,3,9-10,15-22,24-25,46H2,1-2H3,(H2,47,63)(H,50,61)(H,53,64)(H,54,60)(H,55,62)(H,56,66)(H,57,65)(H,58,68)(H4,48,49,51);2-3H2,1H3,(H4,5,6,7)/t29?,32?,33-,34?,35?,36-;/m0./s1. The van der Waals surface area contributed by atoms with Crippen LogP contribution in [0.25, 0.3) is 10.9 Å². The first-order chi connectivity index (χ1) is 35.7. The van der Waals surface area contributed by atoms with Crippen LogP contribution >= 0.6 is 0 Å². The first-order valence-electron chi connectivity index (χ1n) is 24.8. The number of urea groups is 1. The maximum Gasteiger partial charge on any atom is 0.324 e. The van der Waals surface area contributed by atoms with Gasteiger partial charge in [-0.3, -0.25) is 53.2 Å². The summed E-state index contributed by atoms with van der Waals surface area (Å²) in [5, 5.41) is 19.0. The van der Waals surface area contributed by atoms with E-state index in [2.05, 4.69) is 52.2 Å². The molecule has 0 radical (unpaired) electrons. The smallest absolute Gasteiger partial charge is 0.324 e. The van der Waals surface area contributed by atoms with E-state index in [4.69, 9.17) is 34.4 Å². The molecular weight excluding hydrogens is 971 g/mol. The fraction of sp³-hybridized carbons (Fsp3) is 0.490. The van der Waals surface area contributed by atoms with Gasteiger partial charge in [0, 0.05) is 75.5 Å². The number of aliphatic imine (C=N–C) groups is 2. The molecule has 2 heterocycles. The third-order valence-electron chi connectivity index (χ3n) is 11.6. The largest absolute Gasteiger partial charge is 0.370 e. The molecule has 0 spiro atoms. The summed E-state index contributed by atoms with van der Waals surface area (Å²) in [7, 11) is 0. The maximum absolute atomic E-state index is 14.6.